The summed E-state index contributed by atoms with van der Waals surface area (Å²) in [5, 5.41) is 5.46. The first-order chi connectivity index (χ1) is 12.2. The highest BCUT2D eigenvalue weighted by Crippen LogP contribution is 2.27. The Hall–Kier alpha value is -1.84. The molecule has 1 aliphatic heterocycles. The number of piperidine rings is 1. The predicted octanol–water partition coefficient (Wildman–Crippen LogP) is 1.07. The van der Waals surface area contributed by atoms with Crippen LogP contribution in [0, 0.1) is 5.92 Å². The summed E-state index contributed by atoms with van der Waals surface area (Å²) in [6.07, 6.45) is 2.46. The van der Waals surface area contributed by atoms with Crippen LogP contribution in [0.15, 0.2) is 18.2 Å². The van der Waals surface area contributed by atoms with Crippen molar-refractivity contribution in [2.24, 2.45) is 5.92 Å². The molecule has 26 heavy (non-hydrogen) atoms. The van der Waals surface area contributed by atoms with E-state index in [0.717, 1.165) is 0 Å². The maximum atomic E-state index is 12.0. The lowest BCUT2D eigenvalue weighted by Crippen LogP contribution is -2.43. The van der Waals surface area contributed by atoms with Crippen LogP contribution in [0.2, 0.25) is 5.02 Å². The Morgan fingerprint density at radius 1 is 1.27 bits per heavy atom. The molecular weight excluding hydrogens is 382 g/mol. The Bertz CT molecular complexity index is 776. The summed E-state index contributed by atoms with van der Waals surface area (Å²) in [6.45, 7) is 1.16. The Morgan fingerprint density at radius 2 is 1.92 bits per heavy atom. The molecule has 1 aliphatic rings. The number of rotatable bonds is 5. The number of hydrogen-bond donors (Lipinski definition) is 2. The van der Waals surface area contributed by atoms with Gasteiger partial charge in [-0.1, -0.05) is 11.6 Å². The minimum atomic E-state index is -3.18. The van der Waals surface area contributed by atoms with Crippen LogP contribution in [-0.2, 0) is 19.6 Å². The van der Waals surface area contributed by atoms with E-state index in [1.54, 1.807) is 12.1 Å². The van der Waals surface area contributed by atoms with E-state index in [-0.39, 0.29) is 5.92 Å². The summed E-state index contributed by atoms with van der Waals surface area (Å²) >= 11 is 5.89. The second-order valence-corrected chi connectivity index (χ2v) is 8.53. The van der Waals surface area contributed by atoms with E-state index in [0.29, 0.717) is 48.9 Å². The largest absolute Gasteiger partial charge is 0.495 e. The molecule has 2 rings (SSSR count). The number of carbonyl (C=O) groups is 2. The molecule has 0 spiro atoms. The summed E-state index contributed by atoms with van der Waals surface area (Å²) in [5.74, 6) is -1.06. The van der Waals surface area contributed by atoms with E-state index in [9.17, 15) is 18.0 Å². The summed E-state index contributed by atoms with van der Waals surface area (Å²) in [5.41, 5.74) is 0.307. The number of nitrogens with one attached hydrogen (secondary N) is 2. The molecule has 0 bridgehead atoms. The van der Waals surface area contributed by atoms with Crippen LogP contribution >= 0.6 is 11.6 Å². The van der Waals surface area contributed by atoms with Crippen molar-refractivity contribution < 1.29 is 22.7 Å². The van der Waals surface area contributed by atoms with Gasteiger partial charge in [-0.3, -0.25) is 9.59 Å². The monoisotopic (exact) mass is 403 g/mol. The molecule has 2 N–H and O–H groups in total. The van der Waals surface area contributed by atoms with Gasteiger partial charge in [0.2, 0.25) is 10.0 Å². The maximum absolute atomic E-state index is 12.0. The topological polar surface area (TPSA) is 105 Å². The number of methoxy groups -OCH3 is 1. The first-order valence-electron chi connectivity index (χ1n) is 8.08. The van der Waals surface area contributed by atoms with Gasteiger partial charge in [0.05, 0.1) is 19.1 Å². The first kappa shape index (κ1) is 20.5. The Balaban J connectivity index is 1.83. The molecule has 0 radical (unpaired) electrons. The van der Waals surface area contributed by atoms with Gasteiger partial charge in [-0.15, -0.1) is 0 Å². The zero-order chi connectivity index (χ0) is 19.3. The number of nitrogens with zero attached hydrogens (tertiary/aromatic N) is 1. The molecule has 1 aromatic rings. The van der Waals surface area contributed by atoms with E-state index in [2.05, 4.69) is 10.6 Å². The van der Waals surface area contributed by atoms with Crippen molar-refractivity contribution in [1.29, 1.82) is 0 Å². The molecule has 8 nitrogen and oxygen atoms in total. The number of benzene rings is 1. The van der Waals surface area contributed by atoms with Crippen LogP contribution in [0.1, 0.15) is 12.8 Å². The number of anilines is 1. The number of sulfonamides is 1. The molecular formula is C16H22ClN3O5S. The van der Waals surface area contributed by atoms with Crippen molar-refractivity contribution in [3.05, 3.63) is 23.2 Å². The number of ether oxygens (including phenoxy) is 1. The third-order valence-corrected chi connectivity index (χ3v) is 5.75. The van der Waals surface area contributed by atoms with Crippen LogP contribution in [0.25, 0.3) is 0 Å². The smallest absolute Gasteiger partial charge is 0.313 e. The second kappa shape index (κ2) is 8.70. The third kappa shape index (κ3) is 5.58. The minimum Gasteiger partial charge on any atom is -0.495 e. The van der Waals surface area contributed by atoms with Crippen molar-refractivity contribution >= 4 is 39.1 Å². The van der Waals surface area contributed by atoms with Gasteiger partial charge in [0.25, 0.3) is 0 Å². The molecule has 1 heterocycles. The van der Waals surface area contributed by atoms with Gasteiger partial charge in [-0.05, 0) is 37.0 Å². The second-order valence-electron chi connectivity index (χ2n) is 6.11. The fraction of sp³-hybridized carbons (Fsp3) is 0.500. The number of hydrogen-bond acceptors (Lipinski definition) is 5. The Kier molecular flexibility index (Phi) is 6.85. The average Bonchev–Trinajstić information content (AvgIpc) is 2.59. The lowest BCUT2D eigenvalue weighted by Gasteiger charge is -2.30. The fourth-order valence-corrected chi connectivity index (χ4v) is 3.77. The van der Waals surface area contributed by atoms with Crippen molar-refractivity contribution in [3.63, 3.8) is 0 Å². The SMILES string of the molecule is COc1ccc(Cl)cc1NC(=O)C(=O)NCC1CCN(S(C)(=O)=O)CC1. The third-order valence-electron chi connectivity index (χ3n) is 4.21. The fourth-order valence-electron chi connectivity index (χ4n) is 2.72. The molecule has 144 valence electrons. The van der Waals surface area contributed by atoms with Crippen molar-refractivity contribution in [2.75, 3.05) is 38.3 Å². The predicted molar refractivity (Wildman–Crippen MR) is 98.8 cm³/mol. The normalized spacial score (nSPS) is 16.1. The summed E-state index contributed by atoms with van der Waals surface area (Å²) in [6, 6.07) is 4.69. The molecule has 1 aromatic carbocycles. The zero-order valence-corrected chi connectivity index (χ0v) is 16.2. The Morgan fingerprint density at radius 3 is 2.50 bits per heavy atom. The van der Waals surface area contributed by atoms with Crippen molar-refractivity contribution in [1.82, 2.24) is 9.62 Å². The van der Waals surface area contributed by atoms with E-state index in [1.807, 2.05) is 0 Å². The maximum Gasteiger partial charge on any atom is 0.313 e. The number of halogens is 1. The minimum absolute atomic E-state index is 0.130. The van der Waals surface area contributed by atoms with Crippen LogP contribution in [0.4, 0.5) is 5.69 Å². The average molecular weight is 404 g/mol. The highest BCUT2D eigenvalue weighted by Gasteiger charge is 2.25. The van der Waals surface area contributed by atoms with Crippen LogP contribution in [0.3, 0.4) is 0 Å². The number of amides is 2. The zero-order valence-electron chi connectivity index (χ0n) is 14.6. The molecule has 1 saturated heterocycles. The molecule has 0 unspecified atom stereocenters. The quantitative estimate of drug-likeness (QED) is 0.715. The lowest BCUT2D eigenvalue weighted by molar-refractivity contribution is -0.136. The highest BCUT2D eigenvalue weighted by molar-refractivity contribution is 7.88. The standard InChI is InChI=1S/C16H22ClN3O5S/c1-25-14-4-3-12(17)9-13(14)19-16(22)15(21)18-10-11-5-7-20(8-6-11)26(2,23)24/h3-4,9,11H,5-8,10H2,1-2H3,(H,18,21)(H,19,22). The molecule has 0 atom stereocenters. The highest BCUT2D eigenvalue weighted by atomic mass is 35.5. The van der Waals surface area contributed by atoms with E-state index in [1.165, 1.54) is 23.7 Å². The molecule has 0 aromatic heterocycles. The molecule has 1 fully saturated rings. The molecule has 10 heteroatoms. The van der Waals surface area contributed by atoms with E-state index in [4.69, 9.17) is 16.3 Å². The van der Waals surface area contributed by atoms with Gasteiger partial charge in [-0.25, -0.2) is 12.7 Å². The van der Waals surface area contributed by atoms with Gasteiger partial charge < -0.3 is 15.4 Å². The van der Waals surface area contributed by atoms with Crippen LogP contribution in [0.5, 0.6) is 5.75 Å². The van der Waals surface area contributed by atoms with Crippen molar-refractivity contribution in [3.8, 4) is 5.75 Å². The Labute approximate surface area is 157 Å². The number of carbonyl (C=O) groups excluding carboxylic acids is 2. The molecule has 2 amide bonds. The summed E-state index contributed by atoms with van der Waals surface area (Å²) < 4.78 is 29.5. The van der Waals surface area contributed by atoms with Gasteiger partial charge in [0, 0.05) is 24.7 Å². The van der Waals surface area contributed by atoms with Gasteiger partial charge >= 0.3 is 11.8 Å². The molecule has 0 aliphatic carbocycles. The van der Waals surface area contributed by atoms with Gasteiger partial charge in [0.15, 0.2) is 0 Å². The summed E-state index contributed by atoms with van der Waals surface area (Å²) in [7, 11) is -1.73. The van der Waals surface area contributed by atoms with Crippen LogP contribution in [-0.4, -0.2) is 57.5 Å². The first-order valence-corrected chi connectivity index (χ1v) is 10.3. The van der Waals surface area contributed by atoms with Gasteiger partial charge in [-0.2, -0.15) is 0 Å². The van der Waals surface area contributed by atoms with Gasteiger partial charge in [0.1, 0.15) is 5.75 Å². The summed E-state index contributed by atoms with van der Waals surface area (Å²) in [4.78, 5) is 24.0. The lowest BCUT2D eigenvalue weighted by atomic mass is 9.98. The molecule has 0 saturated carbocycles. The van der Waals surface area contributed by atoms with Crippen molar-refractivity contribution in [2.45, 2.75) is 12.8 Å². The van der Waals surface area contributed by atoms with Crippen LogP contribution < -0.4 is 15.4 Å². The van der Waals surface area contributed by atoms with E-state index < -0.39 is 21.8 Å². The van der Waals surface area contributed by atoms with E-state index >= 15 is 0 Å².